The van der Waals surface area contributed by atoms with Gasteiger partial charge >= 0.3 is 0 Å². The summed E-state index contributed by atoms with van der Waals surface area (Å²) in [5.41, 5.74) is 3.63. The Kier molecular flexibility index (Phi) is 5.99. The first-order chi connectivity index (χ1) is 12.4. The van der Waals surface area contributed by atoms with Crippen LogP contribution in [0.1, 0.15) is 38.3 Å². The molecule has 0 aliphatic carbocycles. The fourth-order valence-corrected chi connectivity index (χ4v) is 3.82. The third-order valence-corrected chi connectivity index (χ3v) is 5.47. The van der Waals surface area contributed by atoms with Crippen molar-refractivity contribution in [3.8, 4) is 5.75 Å². The lowest BCUT2D eigenvalue weighted by atomic mass is 9.94. The van der Waals surface area contributed by atoms with Crippen molar-refractivity contribution in [2.24, 2.45) is 5.92 Å². The van der Waals surface area contributed by atoms with E-state index in [-0.39, 0.29) is 23.7 Å². The highest BCUT2D eigenvalue weighted by atomic mass is 16.3. The molecule has 0 bridgehead atoms. The predicted molar refractivity (Wildman–Crippen MR) is 104 cm³/mol. The third kappa shape index (κ3) is 4.65. The number of nitrogens with zero attached hydrogens (tertiary/aromatic N) is 1. The molecule has 142 valence electrons. The van der Waals surface area contributed by atoms with Gasteiger partial charge in [-0.15, -0.1) is 0 Å². The van der Waals surface area contributed by atoms with E-state index in [2.05, 4.69) is 42.4 Å². The van der Waals surface area contributed by atoms with Crippen LogP contribution < -0.4 is 10.6 Å². The number of nitrogens with one attached hydrogen (secondary N) is 2. The summed E-state index contributed by atoms with van der Waals surface area (Å²) in [4.78, 5) is 15.3. The van der Waals surface area contributed by atoms with Crippen LogP contribution in [0.4, 0.5) is 0 Å². The van der Waals surface area contributed by atoms with Crippen molar-refractivity contribution >= 4 is 5.91 Å². The molecule has 0 radical (unpaired) electrons. The van der Waals surface area contributed by atoms with Gasteiger partial charge < -0.3 is 15.7 Å². The number of phenols is 1. The molecular formula is C21H31N3O2. The minimum absolute atomic E-state index is 0.0756. The van der Waals surface area contributed by atoms with Crippen LogP contribution in [-0.4, -0.2) is 47.6 Å². The van der Waals surface area contributed by atoms with Gasteiger partial charge in [0.2, 0.25) is 5.91 Å². The molecule has 0 saturated heterocycles. The molecule has 5 heteroatoms. The van der Waals surface area contributed by atoms with E-state index in [4.69, 9.17) is 0 Å². The second-order valence-corrected chi connectivity index (χ2v) is 8.02. The average molecular weight is 357 g/mol. The van der Waals surface area contributed by atoms with Crippen LogP contribution in [0, 0.1) is 5.92 Å². The lowest BCUT2D eigenvalue weighted by Crippen LogP contribution is -2.54. The monoisotopic (exact) mass is 357 g/mol. The molecule has 0 fully saturated rings. The number of fused-ring (bicyclic) bond motifs is 1. The van der Waals surface area contributed by atoms with Crippen molar-refractivity contribution < 1.29 is 9.90 Å². The summed E-state index contributed by atoms with van der Waals surface area (Å²) in [5, 5.41) is 16.2. The Morgan fingerprint density at radius 1 is 1.38 bits per heavy atom. The summed E-state index contributed by atoms with van der Waals surface area (Å²) in [5.74, 6) is 0.740. The summed E-state index contributed by atoms with van der Waals surface area (Å²) in [6.07, 6.45) is 4.07. The van der Waals surface area contributed by atoms with Crippen LogP contribution in [0.25, 0.3) is 0 Å². The number of carbonyl (C=O) groups excluding carboxylic acids is 1. The zero-order valence-electron chi connectivity index (χ0n) is 16.1. The first kappa shape index (κ1) is 18.9. The van der Waals surface area contributed by atoms with Gasteiger partial charge in [-0.2, -0.15) is 0 Å². The molecule has 2 aliphatic heterocycles. The van der Waals surface area contributed by atoms with Crippen molar-refractivity contribution in [2.45, 2.75) is 52.2 Å². The van der Waals surface area contributed by atoms with Gasteiger partial charge in [0.05, 0.1) is 6.04 Å². The zero-order valence-corrected chi connectivity index (χ0v) is 16.1. The minimum atomic E-state index is -0.212. The van der Waals surface area contributed by atoms with Crippen molar-refractivity contribution in [2.75, 3.05) is 19.6 Å². The lowest BCUT2D eigenvalue weighted by Gasteiger charge is -2.34. The number of hydrogen-bond donors (Lipinski definition) is 3. The van der Waals surface area contributed by atoms with E-state index in [0.717, 1.165) is 37.2 Å². The molecule has 1 aromatic carbocycles. The van der Waals surface area contributed by atoms with Crippen molar-refractivity contribution in [1.82, 2.24) is 15.5 Å². The Bertz CT molecular complexity index is 684. The van der Waals surface area contributed by atoms with E-state index in [1.807, 2.05) is 6.07 Å². The Labute approximate surface area is 156 Å². The highest BCUT2D eigenvalue weighted by molar-refractivity contribution is 5.82. The summed E-state index contributed by atoms with van der Waals surface area (Å²) >= 11 is 0. The number of phenolic OH excluding ortho intramolecular Hbond substituents is 1. The van der Waals surface area contributed by atoms with Crippen LogP contribution in [0.2, 0.25) is 0 Å². The van der Waals surface area contributed by atoms with Gasteiger partial charge in [-0.05, 0) is 48.9 Å². The van der Waals surface area contributed by atoms with E-state index in [1.54, 1.807) is 12.1 Å². The number of aromatic hydroxyl groups is 1. The average Bonchev–Trinajstić information content (AvgIpc) is 2.60. The van der Waals surface area contributed by atoms with E-state index in [9.17, 15) is 9.90 Å². The summed E-state index contributed by atoms with van der Waals surface area (Å²) in [6.45, 7) is 10.1. The van der Waals surface area contributed by atoms with Crippen LogP contribution in [0.15, 0.2) is 29.8 Å². The molecule has 1 amide bonds. The van der Waals surface area contributed by atoms with Crippen molar-refractivity contribution in [1.29, 1.82) is 0 Å². The van der Waals surface area contributed by atoms with Gasteiger partial charge in [-0.1, -0.05) is 31.6 Å². The van der Waals surface area contributed by atoms with E-state index < -0.39 is 0 Å². The number of carbonyl (C=O) groups is 1. The fraction of sp³-hybridized carbons (Fsp3) is 0.571. The standard InChI is InChI=1S/C21H31N3O2/c1-14(2)20(13-24-8-4-5-15(3)12-24)23-21(26)19-10-16-6-7-18(25)9-17(16)11-22-19/h5-7,9,14,19-20,22,25H,4,8,10-13H2,1-3H3,(H,23,26)/t19-,20?/m1/s1. The molecule has 1 aromatic rings. The third-order valence-electron chi connectivity index (χ3n) is 5.47. The van der Waals surface area contributed by atoms with E-state index in [1.165, 1.54) is 5.57 Å². The van der Waals surface area contributed by atoms with E-state index >= 15 is 0 Å². The maximum Gasteiger partial charge on any atom is 0.237 e. The fourth-order valence-electron chi connectivity index (χ4n) is 3.82. The molecule has 2 heterocycles. The number of benzene rings is 1. The van der Waals surface area contributed by atoms with Gasteiger partial charge in [0.1, 0.15) is 5.75 Å². The number of rotatable bonds is 5. The summed E-state index contributed by atoms with van der Waals surface area (Å²) in [7, 11) is 0. The van der Waals surface area contributed by atoms with Crippen LogP contribution >= 0.6 is 0 Å². The van der Waals surface area contributed by atoms with Crippen molar-refractivity contribution in [3.05, 3.63) is 41.0 Å². The largest absolute Gasteiger partial charge is 0.508 e. The van der Waals surface area contributed by atoms with Gasteiger partial charge in [0.25, 0.3) is 0 Å². The maximum atomic E-state index is 12.8. The van der Waals surface area contributed by atoms with Gasteiger partial charge in [0.15, 0.2) is 0 Å². The second-order valence-electron chi connectivity index (χ2n) is 8.02. The Hall–Kier alpha value is -1.85. The molecule has 0 spiro atoms. The molecule has 3 rings (SSSR count). The quantitative estimate of drug-likeness (QED) is 0.707. The predicted octanol–water partition coefficient (Wildman–Crippen LogP) is 2.20. The molecule has 2 atom stereocenters. The van der Waals surface area contributed by atoms with Gasteiger partial charge in [-0.3, -0.25) is 9.69 Å². The molecule has 0 saturated carbocycles. The SMILES string of the molecule is CC1=CCCN(CC(NC(=O)[C@H]2Cc3ccc(O)cc3CN2)C(C)C)C1. The summed E-state index contributed by atoms with van der Waals surface area (Å²) in [6, 6.07) is 5.34. The smallest absolute Gasteiger partial charge is 0.237 e. The van der Waals surface area contributed by atoms with Crippen LogP contribution in [0.5, 0.6) is 5.75 Å². The minimum Gasteiger partial charge on any atom is -0.508 e. The second kappa shape index (κ2) is 8.23. The Balaban J connectivity index is 1.60. The molecule has 26 heavy (non-hydrogen) atoms. The first-order valence-corrected chi connectivity index (χ1v) is 9.65. The molecule has 1 unspecified atom stereocenters. The highest BCUT2D eigenvalue weighted by Crippen LogP contribution is 2.22. The molecule has 5 nitrogen and oxygen atoms in total. The van der Waals surface area contributed by atoms with E-state index in [0.29, 0.717) is 18.9 Å². The number of amides is 1. The topological polar surface area (TPSA) is 64.6 Å². The summed E-state index contributed by atoms with van der Waals surface area (Å²) < 4.78 is 0. The first-order valence-electron chi connectivity index (χ1n) is 9.65. The Morgan fingerprint density at radius 3 is 2.92 bits per heavy atom. The molecule has 2 aliphatic rings. The zero-order chi connectivity index (χ0) is 18.7. The maximum absolute atomic E-state index is 12.8. The molecule has 3 N–H and O–H groups in total. The lowest BCUT2D eigenvalue weighted by molar-refractivity contribution is -0.124. The van der Waals surface area contributed by atoms with Crippen molar-refractivity contribution in [3.63, 3.8) is 0 Å². The number of hydrogen-bond acceptors (Lipinski definition) is 4. The van der Waals surface area contributed by atoms with Gasteiger partial charge in [0, 0.05) is 32.2 Å². The highest BCUT2D eigenvalue weighted by Gasteiger charge is 2.28. The molecular weight excluding hydrogens is 326 g/mol. The van der Waals surface area contributed by atoms with Crippen LogP contribution in [-0.2, 0) is 17.8 Å². The van der Waals surface area contributed by atoms with Gasteiger partial charge in [-0.25, -0.2) is 0 Å². The normalized spacial score (nSPS) is 21.8. The Morgan fingerprint density at radius 2 is 2.19 bits per heavy atom. The van der Waals surface area contributed by atoms with Crippen LogP contribution in [0.3, 0.4) is 0 Å². The molecule has 0 aromatic heterocycles.